The molecule has 1 saturated heterocycles. The first-order chi connectivity index (χ1) is 7.26. The lowest BCUT2D eigenvalue weighted by Crippen LogP contribution is -2.46. The van der Waals surface area contributed by atoms with Crippen LogP contribution in [0.5, 0.6) is 0 Å². The highest BCUT2D eigenvalue weighted by molar-refractivity contribution is 5.94. The first-order valence-corrected chi connectivity index (χ1v) is 5.10. The van der Waals surface area contributed by atoms with E-state index < -0.39 is 36.4 Å². The van der Waals surface area contributed by atoms with Crippen LogP contribution < -0.4 is 0 Å². The van der Waals surface area contributed by atoms with Crippen molar-refractivity contribution in [1.29, 1.82) is 0 Å². The quantitative estimate of drug-likeness (QED) is 0.656. The fraction of sp³-hybridized carbons (Fsp3) is 0.800. The zero-order valence-electron chi connectivity index (χ0n) is 9.64. The molecule has 2 unspecified atom stereocenters. The van der Waals surface area contributed by atoms with E-state index >= 15 is 0 Å². The molecular formula is C10H17NO5. The zero-order chi connectivity index (χ0) is 12.5. The van der Waals surface area contributed by atoms with Crippen molar-refractivity contribution in [1.82, 2.24) is 4.90 Å². The normalized spacial score (nSPS) is 26.1. The van der Waals surface area contributed by atoms with Crippen molar-refractivity contribution in [3.05, 3.63) is 0 Å². The predicted octanol–water partition coefficient (Wildman–Crippen LogP) is -0.124. The van der Waals surface area contributed by atoms with Gasteiger partial charge in [-0.15, -0.1) is 0 Å². The molecule has 1 fully saturated rings. The largest absolute Gasteiger partial charge is 0.443 e. The molecule has 6 nitrogen and oxygen atoms in total. The molecule has 2 amide bonds. The second-order valence-corrected chi connectivity index (χ2v) is 4.77. The highest BCUT2D eigenvalue weighted by Gasteiger charge is 2.43. The molecule has 1 heterocycles. The van der Waals surface area contributed by atoms with Gasteiger partial charge in [0.2, 0.25) is 5.91 Å². The number of nitrogens with zero attached hydrogens (tertiary/aromatic N) is 1. The fourth-order valence-corrected chi connectivity index (χ4v) is 1.52. The number of hydrogen-bond acceptors (Lipinski definition) is 5. The van der Waals surface area contributed by atoms with Crippen LogP contribution in [0.4, 0.5) is 4.79 Å². The molecule has 1 aliphatic rings. The molecule has 0 spiro atoms. The van der Waals surface area contributed by atoms with E-state index in [4.69, 9.17) is 9.84 Å². The molecule has 6 heteroatoms. The molecule has 0 aromatic carbocycles. The van der Waals surface area contributed by atoms with Crippen LogP contribution in [-0.4, -0.2) is 51.5 Å². The van der Waals surface area contributed by atoms with E-state index in [9.17, 15) is 14.7 Å². The second-order valence-electron chi connectivity index (χ2n) is 4.77. The Labute approximate surface area is 93.8 Å². The van der Waals surface area contributed by atoms with Gasteiger partial charge in [-0.2, -0.15) is 0 Å². The number of hydrogen-bond donors (Lipinski definition) is 2. The number of ether oxygens (including phenoxy) is 1. The van der Waals surface area contributed by atoms with Gasteiger partial charge in [-0.3, -0.25) is 4.79 Å². The summed E-state index contributed by atoms with van der Waals surface area (Å²) in [5.74, 6) is -0.527. The van der Waals surface area contributed by atoms with Crippen LogP contribution >= 0.6 is 0 Å². The van der Waals surface area contributed by atoms with Gasteiger partial charge in [-0.05, 0) is 20.8 Å². The maximum Gasteiger partial charge on any atom is 0.417 e. The van der Waals surface area contributed by atoms with Crippen LogP contribution in [0.1, 0.15) is 27.2 Å². The zero-order valence-corrected chi connectivity index (χ0v) is 9.64. The molecule has 0 bridgehead atoms. The molecule has 0 radical (unpaired) electrons. The Hall–Kier alpha value is -1.14. The Balaban J connectivity index is 2.78. The standard InChI is InChI=1S/C10H17NO5/c1-10(2,3)16-9(15)11-6(5-12)7(13)4-8(11)14/h6-7,12-13H,4-5H2,1-3H3. The smallest absolute Gasteiger partial charge is 0.417 e. The lowest BCUT2D eigenvalue weighted by Gasteiger charge is -2.27. The van der Waals surface area contributed by atoms with Crippen molar-refractivity contribution in [3.8, 4) is 0 Å². The third kappa shape index (κ3) is 2.70. The summed E-state index contributed by atoms with van der Waals surface area (Å²) in [6.45, 7) is 4.56. The molecule has 92 valence electrons. The molecule has 0 aliphatic carbocycles. The molecule has 0 saturated carbocycles. The minimum atomic E-state index is -1.02. The van der Waals surface area contributed by atoms with Crippen LogP contribution in [-0.2, 0) is 9.53 Å². The van der Waals surface area contributed by atoms with Gasteiger partial charge in [-0.25, -0.2) is 9.69 Å². The van der Waals surface area contributed by atoms with Gasteiger partial charge in [0.1, 0.15) is 5.60 Å². The first kappa shape index (κ1) is 12.9. The van der Waals surface area contributed by atoms with Gasteiger partial charge in [-0.1, -0.05) is 0 Å². The summed E-state index contributed by atoms with van der Waals surface area (Å²) in [5.41, 5.74) is -0.717. The van der Waals surface area contributed by atoms with Gasteiger partial charge < -0.3 is 14.9 Å². The van der Waals surface area contributed by atoms with Crippen molar-refractivity contribution in [2.75, 3.05) is 6.61 Å². The van der Waals surface area contributed by atoms with Gasteiger partial charge >= 0.3 is 6.09 Å². The van der Waals surface area contributed by atoms with E-state index in [1.165, 1.54) is 0 Å². The number of imide groups is 1. The highest BCUT2D eigenvalue weighted by Crippen LogP contribution is 2.22. The lowest BCUT2D eigenvalue weighted by molar-refractivity contribution is -0.128. The number of carbonyl (C=O) groups excluding carboxylic acids is 2. The summed E-state index contributed by atoms with van der Waals surface area (Å²) in [4.78, 5) is 23.9. The lowest BCUT2D eigenvalue weighted by atomic mass is 10.2. The van der Waals surface area contributed by atoms with Crippen LogP contribution in [0.15, 0.2) is 0 Å². The molecule has 1 aliphatic heterocycles. The van der Waals surface area contributed by atoms with E-state index in [0.29, 0.717) is 0 Å². The van der Waals surface area contributed by atoms with E-state index in [2.05, 4.69) is 0 Å². The average Bonchev–Trinajstić information content (AvgIpc) is 2.37. The van der Waals surface area contributed by atoms with Crippen molar-refractivity contribution in [2.24, 2.45) is 0 Å². The fourth-order valence-electron chi connectivity index (χ4n) is 1.52. The Morgan fingerprint density at radius 3 is 2.56 bits per heavy atom. The van der Waals surface area contributed by atoms with E-state index in [1.54, 1.807) is 20.8 Å². The van der Waals surface area contributed by atoms with E-state index in [-0.39, 0.29) is 6.42 Å². The number of rotatable bonds is 1. The Kier molecular flexibility index (Phi) is 3.54. The summed E-state index contributed by atoms with van der Waals surface area (Å²) in [6.07, 6.45) is -2.01. The molecule has 2 N–H and O–H groups in total. The van der Waals surface area contributed by atoms with Crippen LogP contribution in [0, 0.1) is 0 Å². The summed E-state index contributed by atoms with van der Waals surface area (Å²) in [5, 5.41) is 18.5. The van der Waals surface area contributed by atoms with E-state index in [0.717, 1.165) is 4.90 Å². The molecule has 1 rings (SSSR count). The topological polar surface area (TPSA) is 87.1 Å². The maximum atomic E-state index is 11.6. The third-order valence-electron chi connectivity index (χ3n) is 2.21. The van der Waals surface area contributed by atoms with Crippen molar-refractivity contribution in [3.63, 3.8) is 0 Å². The predicted molar refractivity (Wildman–Crippen MR) is 54.6 cm³/mol. The molecule has 0 aromatic heterocycles. The van der Waals surface area contributed by atoms with Crippen LogP contribution in [0.2, 0.25) is 0 Å². The number of likely N-dealkylation sites (tertiary alicyclic amines) is 1. The van der Waals surface area contributed by atoms with Gasteiger partial charge in [0.25, 0.3) is 0 Å². The van der Waals surface area contributed by atoms with Gasteiger partial charge in [0.15, 0.2) is 0 Å². The highest BCUT2D eigenvalue weighted by atomic mass is 16.6. The molecule has 0 aromatic rings. The average molecular weight is 231 g/mol. The number of carbonyl (C=O) groups is 2. The summed E-state index contributed by atoms with van der Waals surface area (Å²) in [7, 11) is 0. The molecule has 2 atom stereocenters. The third-order valence-corrected chi connectivity index (χ3v) is 2.21. The van der Waals surface area contributed by atoms with Gasteiger partial charge in [0.05, 0.1) is 25.2 Å². The van der Waals surface area contributed by atoms with E-state index in [1.807, 2.05) is 0 Å². The Bertz CT molecular complexity index is 296. The minimum Gasteiger partial charge on any atom is -0.443 e. The monoisotopic (exact) mass is 231 g/mol. The minimum absolute atomic E-state index is 0.162. The molecular weight excluding hydrogens is 214 g/mol. The number of aliphatic hydroxyl groups excluding tert-OH is 2. The summed E-state index contributed by atoms with van der Waals surface area (Å²) < 4.78 is 5.02. The maximum absolute atomic E-state index is 11.6. The van der Waals surface area contributed by atoms with Crippen LogP contribution in [0.25, 0.3) is 0 Å². The number of amides is 2. The second kappa shape index (κ2) is 4.39. The Morgan fingerprint density at radius 2 is 2.12 bits per heavy atom. The van der Waals surface area contributed by atoms with Crippen molar-refractivity contribution >= 4 is 12.0 Å². The molecule has 16 heavy (non-hydrogen) atoms. The summed E-state index contributed by atoms with van der Waals surface area (Å²) in [6, 6.07) is -0.901. The van der Waals surface area contributed by atoms with Crippen molar-refractivity contribution < 1.29 is 24.5 Å². The van der Waals surface area contributed by atoms with Gasteiger partial charge in [0, 0.05) is 0 Å². The number of aliphatic hydroxyl groups is 2. The van der Waals surface area contributed by atoms with Crippen molar-refractivity contribution in [2.45, 2.75) is 44.9 Å². The Morgan fingerprint density at radius 1 is 1.56 bits per heavy atom. The SMILES string of the molecule is CC(C)(C)OC(=O)N1C(=O)CC(O)C1CO. The summed E-state index contributed by atoms with van der Waals surface area (Å²) >= 11 is 0. The first-order valence-electron chi connectivity index (χ1n) is 5.10. The van der Waals surface area contributed by atoms with Crippen LogP contribution in [0.3, 0.4) is 0 Å².